The zero-order valence-electron chi connectivity index (χ0n) is 20.5. The molecule has 0 radical (unpaired) electrons. The van der Waals surface area contributed by atoms with Crippen LogP contribution in [0.2, 0.25) is 0 Å². The van der Waals surface area contributed by atoms with E-state index >= 15 is 0 Å². The molecule has 2 heterocycles. The molecule has 0 unspecified atom stereocenters. The van der Waals surface area contributed by atoms with Gasteiger partial charge in [0, 0.05) is 34.9 Å². The predicted molar refractivity (Wildman–Crippen MR) is 142 cm³/mol. The summed E-state index contributed by atoms with van der Waals surface area (Å²) in [5.74, 6) is -2.08. The number of anilines is 1. The number of amides is 4. The summed E-state index contributed by atoms with van der Waals surface area (Å²) >= 11 is 0. The van der Waals surface area contributed by atoms with E-state index in [4.69, 9.17) is 0 Å². The Morgan fingerprint density at radius 3 is 2.58 bits per heavy atom. The van der Waals surface area contributed by atoms with Gasteiger partial charge in [-0.15, -0.1) is 0 Å². The van der Waals surface area contributed by atoms with E-state index in [0.29, 0.717) is 17.8 Å². The van der Waals surface area contributed by atoms with Crippen LogP contribution < -0.4 is 10.6 Å². The number of benzene rings is 3. The number of aryl methyl sites for hydroxylation is 1. The van der Waals surface area contributed by atoms with E-state index in [1.54, 1.807) is 36.4 Å². The first-order chi connectivity index (χ1) is 18.3. The van der Waals surface area contributed by atoms with Gasteiger partial charge in [-0.25, -0.2) is 14.5 Å². The van der Waals surface area contributed by atoms with Crippen LogP contribution in [0.3, 0.4) is 0 Å². The highest BCUT2D eigenvalue weighted by atomic mass is 16.4. The van der Waals surface area contributed by atoms with Crippen molar-refractivity contribution >= 4 is 46.5 Å². The van der Waals surface area contributed by atoms with Crippen molar-refractivity contribution in [1.82, 2.24) is 14.8 Å². The van der Waals surface area contributed by atoms with Crippen LogP contribution >= 0.6 is 0 Å². The number of carboxylic acid groups (broad SMARTS) is 1. The van der Waals surface area contributed by atoms with E-state index in [2.05, 4.69) is 10.6 Å². The normalized spacial score (nSPS) is 14.2. The van der Waals surface area contributed by atoms with Crippen molar-refractivity contribution in [3.05, 3.63) is 107 Å². The van der Waals surface area contributed by atoms with E-state index in [9.17, 15) is 24.3 Å². The molecule has 1 aliphatic heterocycles. The average molecular weight is 509 g/mol. The molecule has 1 fully saturated rings. The molecule has 1 saturated heterocycles. The molecular weight excluding hydrogens is 484 g/mol. The highest BCUT2D eigenvalue weighted by Crippen LogP contribution is 2.26. The maximum atomic E-state index is 13.0. The minimum atomic E-state index is -0.998. The van der Waals surface area contributed by atoms with Crippen molar-refractivity contribution in [3.63, 3.8) is 0 Å². The number of fused-ring (bicyclic) bond motifs is 1. The van der Waals surface area contributed by atoms with Gasteiger partial charge in [0.05, 0.1) is 5.56 Å². The highest BCUT2D eigenvalue weighted by Gasteiger charge is 2.35. The summed E-state index contributed by atoms with van der Waals surface area (Å²) in [6.07, 6.45) is 3.43. The number of hydrogen-bond donors (Lipinski definition) is 3. The van der Waals surface area contributed by atoms with Gasteiger partial charge in [0.15, 0.2) is 0 Å². The maximum Gasteiger partial charge on any atom is 0.335 e. The standard InChI is InChI=1S/C29H24N4O5/c1-18-6-4-9-22(12-18)30-26(34)17-33-27(35)24(31-29(33)38)14-21-16-32(25-11-3-2-10-23(21)25)15-19-7-5-8-20(13-19)28(36)37/h2-14,16H,15,17H2,1H3,(H,30,34)(H,31,38)(H,36,37)/b24-14+. The monoisotopic (exact) mass is 508 g/mol. The number of carbonyl (C=O) groups is 4. The Bertz CT molecular complexity index is 1630. The summed E-state index contributed by atoms with van der Waals surface area (Å²) < 4.78 is 1.96. The number of carbonyl (C=O) groups excluding carboxylic acids is 3. The average Bonchev–Trinajstić information content (AvgIpc) is 3.36. The lowest BCUT2D eigenvalue weighted by Gasteiger charge is -2.12. The number of para-hydroxylation sites is 1. The van der Waals surface area contributed by atoms with Gasteiger partial charge in [0.2, 0.25) is 5.91 Å². The Balaban J connectivity index is 1.38. The summed E-state index contributed by atoms with van der Waals surface area (Å²) in [5, 5.41) is 15.4. The molecule has 38 heavy (non-hydrogen) atoms. The van der Waals surface area contributed by atoms with Crippen LogP contribution in [-0.2, 0) is 16.1 Å². The summed E-state index contributed by atoms with van der Waals surface area (Å²) in [6.45, 7) is 1.89. The molecule has 0 spiro atoms. The van der Waals surface area contributed by atoms with Gasteiger partial charge in [-0.3, -0.25) is 9.59 Å². The molecule has 9 heteroatoms. The Hall–Kier alpha value is -5.18. The number of urea groups is 1. The van der Waals surface area contributed by atoms with Crippen LogP contribution in [0.5, 0.6) is 0 Å². The summed E-state index contributed by atoms with van der Waals surface area (Å²) in [4.78, 5) is 50.3. The van der Waals surface area contributed by atoms with Crippen molar-refractivity contribution in [2.45, 2.75) is 13.5 Å². The summed E-state index contributed by atoms with van der Waals surface area (Å²) in [5.41, 5.74) is 4.20. The lowest BCUT2D eigenvalue weighted by molar-refractivity contribution is -0.127. The van der Waals surface area contributed by atoms with E-state index in [-0.39, 0.29) is 11.3 Å². The molecule has 4 amide bonds. The number of imide groups is 1. The number of rotatable bonds is 7. The maximum absolute atomic E-state index is 13.0. The number of hydrogen-bond acceptors (Lipinski definition) is 4. The Morgan fingerprint density at radius 2 is 1.79 bits per heavy atom. The van der Waals surface area contributed by atoms with Crippen molar-refractivity contribution in [1.29, 1.82) is 0 Å². The second-order valence-electron chi connectivity index (χ2n) is 9.03. The molecule has 0 atom stereocenters. The second kappa shape index (κ2) is 10.1. The van der Waals surface area contributed by atoms with Gasteiger partial charge in [0.1, 0.15) is 12.2 Å². The van der Waals surface area contributed by atoms with Crippen LogP contribution in [0.25, 0.3) is 17.0 Å². The quantitative estimate of drug-likeness (QED) is 0.255. The molecule has 1 aromatic heterocycles. The lowest BCUT2D eigenvalue weighted by atomic mass is 10.1. The van der Waals surface area contributed by atoms with Crippen LogP contribution in [0.1, 0.15) is 27.0 Å². The Labute approximate surface area is 218 Å². The number of carboxylic acids is 1. The summed E-state index contributed by atoms with van der Waals surface area (Å²) in [7, 11) is 0. The molecule has 5 rings (SSSR count). The molecule has 4 aromatic rings. The molecular formula is C29H24N4O5. The molecule has 1 aliphatic rings. The third kappa shape index (κ3) is 5.03. The smallest absolute Gasteiger partial charge is 0.335 e. The van der Waals surface area contributed by atoms with Gasteiger partial charge < -0.3 is 20.3 Å². The van der Waals surface area contributed by atoms with Gasteiger partial charge in [-0.1, -0.05) is 42.5 Å². The molecule has 0 aliphatic carbocycles. The van der Waals surface area contributed by atoms with Crippen LogP contribution in [-0.4, -0.2) is 44.9 Å². The third-order valence-electron chi connectivity index (χ3n) is 6.21. The molecule has 0 bridgehead atoms. The zero-order chi connectivity index (χ0) is 26.8. The number of aromatic nitrogens is 1. The van der Waals surface area contributed by atoms with Gasteiger partial charge in [-0.05, 0) is 54.5 Å². The van der Waals surface area contributed by atoms with Gasteiger partial charge >= 0.3 is 12.0 Å². The molecule has 0 saturated carbocycles. The van der Waals surface area contributed by atoms with E-state index in [1.165, 1.54) is 6.07 Å². The lowest BCUT2D eigenvalue weighted by Crippen LogP contribution is -2.38. The Morgan fingerprint density at radius 1 is 1.00 bits per heavy atom. The van der Waals surface area contributed by atoms with Crippen LogP contribution in [0.4, 0.5) is 10.5 Å². The van der Waals surface area contributed by atoms with E-state index in [1.807, 2.05) is 54.1 Å². The Kier molecular flexibility index (Phi) is 6.49. The number of nitrogens with zero attached hydrogens (tertiary/aromatic N) is 2. The van der Waals surface area contributed by atoms with Crippen LogP contribution in [0.15, 0.2) is 84.7 Å². The first-order valence-electron chi connectivity index (χ1n) is 11.9. The SMILES string of the molecule is Cc1cccc(NC(=O)CN2C(=O)N/C(=C/c3cn(Cc4cccc(C(=O)O)c4)c4ccccc34)C2=O)c1. The first-order valence-corrected chi connectivity index (χ1v) is 11.9. The van der Waals surface area contributed by atoms with E-state index < -0.39 is 30.4 Å². The fraction of sp³-hybridized carbons (Fsp3) is 0.103. The fourth-order valence-electron chi connectivity index (χ4n) is 4.46. The topological polar surface area (TPSA) is 121 Å². The van der Waals surface area contributed by atoms with E-state index in [0.717, 1.165) is 26.9 Å². The zero-order valence-corrected chi connectivity index (χ0v) is 20.5. The number of nitrogens with one attached hydrogen (secondary N) is 2. The van der Waals surface area contributed by atoms with Crippen molar-refractivity contribution in [3.8, 4) is 0 Å². The third-order valence-corrected chi connectivity index (χ3v) is 6.21. The van der Waals surface area contributed by atoms with Crippen molar-refractivity contribution < 1.29 is 24.3 Å². The minimum absolute atomic E-state index is 0.0640. The second-order valence-corrected chi connectivity index (χ2v) is 9.03. The highest BCUT2D eigenvalue weighted by molar-refractivity contribution is 6.16. The van der Waals surface area contributed by atoms with Gasteiger partial charge in [-0.2, -0.15) is 0 Å². The molecule has 190 valence electrons. The van der Waals surface area contributed by atoms with Gasteiger partial charge in [0.25, 0.3) is 5.91 Å². The first kappa shape index (κ1) is 24.5. The minimum Gasteiger partial charge on any atom is -0.478 e. The summed E-state index contributed by atoms with van der Waals surface area (Å²) in [6, 6.07) is 20.9. The van der Waals surface area contributed by atoms with Crippen LogP contribution in [0, 0.1) is 6.92 Å². The van der Waals surface area contributed by atoms with Crippen molar-refractivity contribution in [2.75, 3.05) is 11.9 Å². The van der Waals surface area contributed by atoms with Crippen molar-refractivity contribution in [2.24, 2.45) is 0 Å². The number of aromatic carboxylic acids is 1. The molecule has 3 N–H and O–H groups in total. The largest absolute Gasteiger partial charge is 0.478 e. The molecule has 9 nitrogen and oxygen atoms in total. The fourth-order valence-corrected chi connectivity index (χ4v) is 4.46. The predicted octanol–water partition coefficient (Wildman–Crippen LogP) is 4.23. The molecule has 3 aromatic carbocycles.